The molecule has 2 aromatic carbocycles. The lowest BCUT2D eigenvalue weighted by atomic mass is 10.2. The predicted octanol–water partition coefficient (Wildman–Crippen LogP) is 5.76. The van der Waals surface area contributed by atoms with E-state index in [1.54, 1.807) is 48.5 Å². The first-order chi connectivity index (χ1) is 12.4. The van der Waals surface area contributed by atoms with Gasteiger partial charge in [-0.15, -0.1) is 0 Å². The fourth-order valence-corrected chi connectivity index (χ4v) is 3.53. The molecule has 134 valence electrons. The molecule has 0 N–H and O–H groups in total. The van der Waals surface area contributed by atoms with Crippen LogP contribution in [0.2, 0.25) is 15.1 Å². The SMILES string of the molecule is O=C1S/C(=C\c2ccc(Cl)c(Cl)c2)C(=O)N1CCOc1ccc(Cl)cc1. The van der Waals surface area contributed by atoms with Crippen LogP contribution in [-0.2, 0) is 4.79 Å². The lowest BCUT2D eigenvalue weighted by molar-refractivity contribution is -0.123. The summed E-state index contributed by atoms with van der Waals surface area (Å²) in [5.41, 5.74) is 0.697. The number of carbonyl (C=O) groups excluding carboxylic acids is 2. The number of halogens is 3. The van der Waals surface area contributed by atoms with Crippen molar-refractivity contribution in [3.05, 3.63) is 68.0 Å². The molecule has 0 saturated carbocycles. The topological polar surface area (TPSA) is 46.6 Å². The zero-order valence-electron chi connectivity index (χ0n) is 13.2. The number of benzene rings is 2. The zero-order chi connectivity index (χ0) is 18.7. The van der Waals surface area contributed by atoms with Gasteiger partial charge in [0.25, 0.3) is 11.1 Å². The molecule has 3 rings (SSSR count). The largest absolute Gasteiger partial charge is 0.492 e. The Morgan fingerprint density at radius 1 is 1.00 bits per heavy atom. The van der Waals surface area contributed by atoms with E-state index in [-0.39, 0.29) is 24.3 Å². The third-order valence-electron chi connectivity index (χ3n) is 3.51. The molecule has 2 amide bonds. The Balaban J connectivity index is 1.63. The number of imide groups is 1. The van der Waals surface area contributed by atoms with Crippen molar-refractivity contribution in [2.75, 3.05) is 13.2 Å². The van der Waals surface area contributed by atoms with E-state index in [9.17, 15) is 9.59 Å². The molecule has 1 saturated heterocycles. The van der Waals surface area contributed by atoms with Gasteiger partial charge in [0, 0.05) is 5.02 Å². The number of thioether (sulfide) groups is 1. The normalized spacial score (nSPS) is 15.8. The van der Waals surface area contributed by atoms with Crippen molar-refractivity contribution in [3.8, 4) is 5.75 Å². The summed E-state index contributed by atoms with van der Waals surface area (Å²) in [5.74, 6) is 0.262. The van der Waals surface area contributed by atoms with Crippen molar-refractivity contribution in [1.82, 2.24) is 4.90 Å². The summed E-state index contributed by atoms with van der Waals surface area (Å²) in [6.45, 7) is 0.353. The molecule has 1 aliphatic heterocycles. The fourth-order valence-electron chi connectivity index (χ4n) is 2.23. The number of hydrogen-bond donors (Lipinski definition) is 0. The van der Waals surface area contributed by atoms with E-state index in [2.05, 4.69) is 0 Å². The van der Waals surface area contributed by atoms with Gasteiger partial charge in [-0.05, 0) is 59.8 Å². The van der Waals surface area contributed by atoms with Crippen LogP contribution in [0.3, 0.4) is 0 Å². The number of rotatable bonds is 5. The zero-order valence-corrected chi connectivity index (χ0v) is 16.3. The summed E-state index contributed by atoms with van der Waals surface area (Å²) >= 11 is 18.5. The lowest BCUT2D eigenvalue weighted by Crippen LogP contribution is -2.32. The fraction of sp³-hybridized carbons (Fsp3) is 0.111. The van der Waals surface area contributed by atoms with E-state index >= 15 is 0 Å². The average Bonchev–Trinajstić information content (AvgIpc) is 2.87. The van der Waals surface area contributed by atoms with E-state index in [0.29, 0.717) is 31.3 Å². The molecule has 1 fully saturated rings. The van der Waals surface area contributed by atoms with Crippen molar-refractivity contribution >= 4 is 63.8 Å². The Morgan fingerprint density at radius 2 is 1.73 bits per heavy atom. The summed E-state index contributed by atoms with van der Waals surface area (Å²) in [4.78, 5) is 26.0. The Hall–Kier alpha value is -1.66. The van der Waals surface area contributed by atoms with E-state index < -0.39 is 0 Å². The lowest BCUT2D eigenvalue weighted by Gasteiger charge is -2.13. The predicted molar refractivity (Wildman–Crippen MR) is 106 cm³/mol. The summed E-state index contributed by atoms with van der Waals surface area (Å²) in [6, 6.07) is 11.9. The molecule has 0 unspecified atom stereocenters. The molecule has 0 bridgehead atoms. The monoisotopic (exact) mass is 427 g/mol. The van der Waals surface area contributed by atoms with Crippen LogP contribution >= 0.6 is 46.6 Å². The second kappa shape index (κ2) is 8.35. The Labute approximate surface area is 169 Å². The van der Waals surface area contributed by atoms with Crippen LogP contribution in [0, 0.1) is 0 Å². The van der Waals surface area contributed by atoms with Crippen molar-refractivity contribution in [2.45, 2.75) is 0 Å². The molecule has 0 atom stereocenters. The third kappa shape index (κ3) is 4.54. The van der Waals surface area contributed by atoms with Gasteiger partial charge in [-0.1, -0.05) is 40.9 Å². The third-order valence-corrected chi connectivity index (χ3v) is 5.41. The summed E-state index contributed by atoms with van der Waals surface area (Å²) < 4.78 is 5.54. The van der Waals surface area contributed by atoms with Crippen LogP contribution in [0.1, 0.15) is 5.56 Å². The molecule has 26 heavy (non-hydrogen) atoms. The maximum absolute atomic E-state index is 12.4. The van der Waals surface area contributed by atoms with Crippen molar-refractivity contribution in [3.63, 3.8) is 0 Å². The summed E-state index contributed by atoms with van der Waals surface area (Å²) in [5, 5.41) is 1.09. The molecular formula is C18H12Cl3NO3S. The quantitative estimate of drug-likeness (QED) is 0.568. The van der Waals surface area contributed by atoms with Crippen LogP contribution in [0.15, 0.2) is 47.4 Å². The van der Waals surface area contributed by atoms with Crippen LogP contribution in [0.5, 0.6) is 5.75 Å². The minimum Gasteiger partial charge on any atom is -0.492 e. The Bertz CT molecular complexity index is 884. The highest BCUT2D eigenvalue weighted by molar-refractivity contribution is 8.18. The molecular weight excluding hydrogens is 417 g/mol. The molecule has 0 aliphatic carbocycles. The first-order valence-electron chi connectivity index (χ1n) is 7.53. The smallest absolute Gasteiger partial charge is 0.293 e. The minimum absolute atomic E-state index is 0.159. The number of hydrogen-bond acceptors (Lipinski definition) is 4. The first kappa shape index (κ1) is 19.1. The van der Waals surface area contributed by atoms with Gasteiger partial charge in [0.05, 0.1) is 21.5 Å². The van der Waals surface area contributed by atoms with Crippen molar-refractivity contribution in [1.29, 1.82) is 0 Å². The van der Waals surface area contributed by atoms with Crippen LogP contribution in [-0.4, -0.2) is 29.2 Å². The van der Waals surface area contributed by atoms with Crippen LogP contribution in [0.25, 0.3) is 6.08 Å². The summed E-state index contributed by atoms with van der Waals surface area (Å²) in [7, 11) is 0. The van der Waals surface area contributed by atoms with E-state index in [1.165, 1.54) is 0 Å². The van der Waals surface area contributed by atoms with Crippen LogP contribution < -0.4 is 4.74 Å². The molecule has 1 aliphatic rings. The number of ether oxygens (including phenoxy) is 1. The first-order valence-corrected chi connectivity index (χ1v) is 9.48. The highest BCUT2D eigenvalue weighted by Crippen LogP contribution is 2.33. The Morgan fingerprint density at radius 3 is 2.42 bits per heavy atom. The maximum atomic E-state index is 12.4. The second-order valence-electron chi connectivity index (χ2n) is 5.31. The van der Waals surface area contributed by atoms with E-state index in [1.807, 2.05) is 0 Å². The number of carbonyl (C=O) groups is 2. The molecule has 4 nitrogen and oxygen atoms in total. The highest BCUT2D eigenvalue weighted by atomic mass is 35.5. The van der Waals surface area contributed by atoms with E-state index in [0.717, 1.165) is 16.7 Å². The van der Waals surface area contributed by atoms with Gasteiger partial charge in [0.15, 0.2) is 0 Å². The van der Waals surface area contributed by atoms with Gasteiger partial charge in [-0.3, -0.25) is 14.5 Å². The van der Waals surface area contributed by atoms with Gasteiger partial charge >= 0.3 is 0 Å². The second-order valence-corrected chi connectivity index (χ2v) is 7.55. The van der Waals surface area contributed by atoms with Crippen molar-refractivity contribution in [2.24, 2.45) is 0 Å². The molecule has 2 aromatic rings. The summed E-state index contributed by atoms with van der Waals surface area (Å²) in [6.07, 6.45) is 1.62. The Kier molecular flexibility index (Phi) is 6.14. The standard InChI is InChI=1S/C18H12Cl3NO3S/c19-12-2-4-13(5-3-12)25-8-7-22-17(23)16(26-18(22)24)10-11-1-6-14(20)15(21)9-11/h1-6,9-10H,7-8H2/b16-10-. The van der Waals surface area contributed by atoms with Crippen LogP contribution in [0.4, 0.5) is 4.79 Å². The highest BCUT2D eigenvalue weighted by Gasteiger charge is 2.34. The van der Waals surface area contributed by atoms with Gasteiger partial charge in [-0.2, -0.15) is 0 Å². The molecule has 0 radical (unpaired) electrons. The average molecular weight is 429 g/mol. The van der Waals surface area contributed by atoms with Gasteiger partial charge in [0.2, 0.25) is 0 Å². The molecule has 8 heteroatoms. The minimum atomic E-state index is -0.356. The molecule has 1 heterocycles. The number of nitrogens with zero attached hydrogens (tertiary/aromatic N) is 1. The molecule has 0 aromatic heterocycles. The van der Waals surface area contributed by atoms with E-state index in [4.69, 9.17) is 39.5 Å². The van der Waals surface area contributed by atoms with Gasteiger partial charge in [0.1, 0.15) is 12.4 Å². The van der Waals surface area contributed by atoms with Gasteiger partial charge in [-0.25, -0.2) is 0 Å². The maximum Gasteiger partial charge on any atom is 0.293 e. The molecule has 0 spiro atoms. The van der Waals surface area contributed by atoms with Gasteiger partial charge < -0.3 is 4.74 Å². The number of amides is 2. The van der Waals surface area contributed by atoms with Crippen molar-refractivity contribution < 1.29 is 14.3 Å².